The fraction of sp³-hybridized carbons (Fsp3) is 1.00. The lowest BCUT2D eigenvalue weighted by atomic mass is 9.76. The molecule has 2 unspecified atom stereocenters. The van der Waals surface area contributed by atoms with Crippen molar-refractivity contribution in [2.45, 2.75) is 46.5 Å². The Bertz CT molecular complexity index is 259. The van der Waals surface area contributed by atoms with Crippen LogP contribution >= 0.6 is 0 Å². The van der Waals surface area contributed by atoms with E-state index in [0.717, 1.165) is 18.4 Å². The first-order chi connectivity index (χ1) is 9.32. The van der Waals surface area contributed by atoms with E-state index >= 15 is 0 Å². The average Bonchev–Trinajstić information content (AvgIpc) is 2.72. The van der Waals surface area contributed by atoms with Crippen LogP contribution in [-0.4, -0.2) is 56.6 Å². The van der Waals surface area contributed by atoms with Gasteiger partial charge in [0.05, 0.1) is 0 Å². The maximum Gasteiger partial charge on any atom is 0.00193 e. The molecular formula is C17H37N3. The molecule has 0 radical (unpaired) electrons. The number of hydrogen-bond donors (Lipinski definition) is 1. The average molecular weight is 284 g/mol. The van der Waals surface area contributed by atoms with E-state index in [-0.39, 0.29) is 0 Å². The standard InChI is InChI=1S/C17H37N3/c1-17(2,3)16(8-10-18)7-6-11-19(4)13-15-9-12-20(5)14-15/h15-16H,6-14,18H2,1-5H3. The van der Waals surface area contributed by atoms with E-state index in [1.165, 1.54) is 51.9 Å². The molecule has 0 saturated carbocycles. The summed E-state index contributed by atoms with van der Waals surface area (Å²) in [5.41, 5.74) is 6.16. The van der Waals surface area contributed by atoms with E-state index in [0.29, 0.717) is 5.41 Å². The van der Waals surface area contributed by atoms with E-state index in [2.05, 4.69) is 44.7 Å². The molecule has 3 heteroatoms. The van der Waals surface area contributed by atoms with Gasteiger partial charge in [-0.3, -0.25) is 0 Å². The molecule has 2 atom stereocenters. The van der Waals surface area contributed by atoms with Crippen LogP contribution in [0.3, 0.4) is 0 Å². The van der Waals surface area contributed by atoms with Crippen molar-refractivity contribution in [2.24, 2.45) is 23.0 Å². The van der Waals surface area contributed by atoms with Crippen LogP contribution in [0, 0.1) is 17.3 Å². The zero-order valence-corrected chi connectivity index (χ0v) is 14.5. The van der Waals surface area contributed by atoms with Gasteiger partial charge in [0.1, 0.15) is 0 Å². The zero-order chi connectivity index (χ0) is 15.2. The number of likely N-dealkylation sites (tertiary alicyclic amines) is 1. The van der Waals surface area contributed by atoms with Crippen molar-refractivity contribution < 1.29 is 0 Å². The summed E-state index contributed by atoms with van der Waals surface area (Å²) in [6.07, 6.45) is 5.16. The molecule has 0 aromatic heterocycles. The molecule has 120 valence electrons. The van der Waals surface area contributed by atoms with Crippen molar-refractivity contribution in [1.29, 1.82) is 0 Å². The fourth-order valence-electron chi connectivity index (χ4n) is 3.53. The number of nitrogens with two attached hydrogens (primary N) is 1. The predicted molar refractivity (Wildman–Crippen MR) is 89.0 cm³/mol. The predicted octanol–water partition coefficient (Wildman–Crippen LogP) is 2.66. The van der Waals surface area contributed by atoms with Crippen LogP contribution in [0.1, 0.15) is 46.5 Å². The van der Waals surface area contributed by atoms with Crippen molar-refractivity contribution in [3.05, 3.63) is 0 Å². The van der Waals surface area contributed by atoms with E-state index in [4.69, 9.17) is 5.73 Å². The highest BCUT2D eigenvalue weighted by Crippen LogP contribution is 2.32. The Kier molecular flexibility index (Phi) is 7.49. The maximum atomic E-state index is 5.76. The Balaban J connectivity index is 2.21. The minimum atomic E-state index is 0.395. The quantitative estimate of drug-likeness (QED) is 0.743. The lowest BCUT2D eigenvalue weighted by Gasteiger charge is -2.31. The first-order valence-electron chi connectivity index (χ1n) is 8.40. The molecule has 1 aliphatic heterocycles. The molecule has 1 rings (SSSR count). The molecule has 0 aromatic carbocycles. The second-order valence-electron chi connectivity index (χ2n) is 7.96. The summed E-state index contributed by atoms with van der Waals surface area (Å²) in [5, 5.41) is 0. The molecule has 1 heterocycles. The molecule has 0 amide bonds. The molecule has 0 spiro atoms. The van der Waals surface area contributed by atoms with Crippen molar-refractivity contribution in [2.75, 3.05) is 46.8 Å². The van der Waals surface area contributed by atoms with Crippen molar-refractivity contribution >= 4 is 0 Å². The smallest absolute Gasteiger partial charge is 0.00193 e. The van der Waals surface area contributed by atoms with Crippen molar-refractivity contribution in [3.63, 3.8) is 0 Å². The molecule has 0 aliphatic carbocycles. The minimum Gasteiger partial charge on any atom is -0.330 e. The second-order valence-corrected chi connectivity index (χ2v) is 7.96. The minimum absolute atomic E-state index is 0.395. The van der Waals surface area contributed by atoms with Gasteiger partial charge in [0.15, 0.2) is 0 Å². The van der Waals surface area contributed by atoms with Gasteiger partial charge in [0.25, 0.3) is 0 Å². The first kappa shape index (κ1) is 17.9. The van der Waals surface area contributed by atoms with Gasteiger partial charge in [-0.2, -0.15) is 0 Å². The van der Waals surface area contributed by atoms with Crippen molar-refractivity contribution in [1.82, 2.24) is 9.80 Å². The van der Waals surface area contributed by atoms with Crippen LogP contribution < -0.4 is 5.73 Å². The van der Waals surface area contributed by atoms with Crippen LogP contribution in [0.5, 0.6) is 0 Å². The molecule has 1 aliphatic rings. The van der Waals surface area contributed by atoms with Crippen LogP contribution in [0.25, 0.3) is 0 Å². The highest BCUT2D eigenvalue weighted by Gasteiger charge is 2.24. The van der Waals surface area contributed by atoms with Gasteiger partial charge in [0, 0.05) is 13.1 Å². The molecule has 2 N–H and O–H groups in total. The van der Waals surface area contributed by atoms with E-state index in [1.54, 1.807) is 0 Å². The van der Waals surface area contributed by atoms with Crippen molar-refractivity contribution in [3.8, 4) is 0 Å². The monoisotopic (exact) mass is 283 g/mol. The van der Waals surface area contributed by atoms with E-state index in [9.17, 15) is 0 Å². The summed E-state index contributed by atoms with van der Waals surface area (Å²) in [5.74, 6) is 1.64. The van der Waals surface area contributed by atoms with Crippen LogP contribution in [0.15, 0.2) is 0 Å². The topological polar surface area (TPSA) is 32.5 Å². The number of hydrogen-bond acceptors (Lipinski definition) is 3. The molecule has 0 aromatic rings. The third-order valence-electron chi connectivity index (χ3n) is 4.89. The fourth-order valence-corrected chi connectivity index (χ4v) is 3.53. The van der Waals surface area contributed by atoms with E-state index < -0.39 is 0 Å². The van der Waals surface area contributed by atoms with Crippen LogP contribution in [0.4, 0.5) is 0 Å². The van der Waals surface area contributed by atoms with Gasteiger partial charge in [-0.05, 0) is 76.7 Å². The second kappa shape index (κ2) is 8.35. The molecule has 20 heavy (non-hydrogen) atoms. The maximum absolute atomic E-state index is 5.76. The third-order valence-corrected chi connectivity index (χ3v) is 4.89. The summed E-state index contributed by atoms with van der Waals surface area (Å²) in [6.45, 7) is 12.9. The number of nitrogens with zero attached hydrogens (tertiary/aromatic N) is 2. The SMILES string of the molecule is CN(CCCC(CCN)C(C)(C)C)CC1CCN(C)C1. The van der Waals surface area contributed by atoms with Gasteiger partial charge < -0.3 is 15.5 Å². The van der Waals surface area contributed by atoms with Gasteiger partial charge in [-0.25, -0.2) is 0 Å². The molecule has 1 fully saturated rings. The zero-order valence-electron chi connectivity index (χ0n) is 14.5. The molecule has 1 saturated heterocycles. The normalized spacial score (nSPS) is 22.6. The summed E-state index contributed by atoms with van der Waals surface area (Å²) < 4.78 is 0. The van der Waals surface area contributed by atoms with Crippen LogP contribution in [-0.2, 0) is 0 Å². The largest absolute Gasteiger partial charge is 0.330 e. The summed E-state index contributed by atoms with van der Waals surface area (Å²) in [7, 11) is 4.52. The Morgan fingerprint density at radius 3 is 2.50 bits per heavy atom. The van der Waals surface area contributed by atoms with Gasteiger partial charge in [-0.15, -0.1) is 0 Å². The Labute approximate surface area is 126 Å². The highest BCUT2D eigenvalue weighted by molar-refractivity contribution is 4.77. The molecule has 3 nitrogen and oxygen atoms in total. The molecule has 0 bridgehead atoms. The third kappa shape index (κ3) is 6.55. The highest BCUT2D eigenvalue weighted by atomic mass is 15.1. The number of rotatable bonds is 8. The lowest BCUT2D eigenvalue weighted by molar-refractivity contribution is 0.195. The Morgan fingerprint density at radius 1 is 1.30 bits per heavy atom. The lowest BCUT2D eigenvalue weighted by Crippen LogP contribution is -2.29. The Morgan fingerprint density at radius 2 is 2.00 bits per heavy atom. The summed E-state index contributed by atoms with van der Waals surface area (Å²) >= 11 is 0. The van der Waals surface area contributed by atoms with Gasteiger partial charge >= 0.3 is 0 Å². The Hall–Kier alpha value is -0.120. The molecular weight excluding hydrogens is 246 g/mol. The van der Waals surface area contributed by atoms with E-state index in [1.807, 2.05) is 0 Å². The summed E-state index contributed by atoms with van der Waals surface area (Å²) in [6, 6.07) is 0. The van der Waals surface area contributed by atoms with Crippen LogP contribution in [0.2, 0.25) is 0 Å². The first-order valence-corrected chi connectivity index (χ1v) is 8.40. The van der Waals surface area contributed by atoms with Gasteiger partial charge in [-0.1, -0.05) is 20.8 Å². The summed E-state index contributed by atoms with van der Waals surface area (Å²) in [4.78, 5) is 4.99. The van der Waals surface area contributed by atoms with Gasteiger partial charge in [0.2, 0.25) is 0 Å².